The molecule has 34 heteroatoms. The van der Waals surface area contributed by atoms with Crippen LogP contribution in [-0.4, -0.2) is 230 Å². The number of carboxylic acids is 1. The Labute approximate surface area is 676 Å². The summed E-state index contributed by atoms with van der Waals surface area (Å²) in [4.78, 5) is 181. The molecule has 7 rings (SSSR count). The Balaban J connectivity index is 1.34. The summed E-state index contributed by atoms with van der Waals surface area (Å²) in [5, 5.41) is 74.3. The Kier molecular flexibility index (Phi) is 37.5. The number of aliphatic hydroxyl groups excluding tert-OH is 3. The number of carbonyl (C=O) groups excluding carboxylic acids is 11. The molecule has 1 aliphatic heterocycles. The third-order valence-corrected chi connectivity index (χ3v) is 21.8. The summed E-state index contributed by atoms with van der Waals surface area (Å²) < 4.78 is 0. The van der Waals surface area contributed by atoms with E-state index < -0.39 is 162 Å². The van der Waals surface area contributed by atoms with Crippen molar-refractivity contribution in [2.24, 2.45) is 17.2 Å². The van der Waals surface area contributed by atoms with Crippen molar-refractivity contribution in [3.05, 3.63) is 179 Å². The van der Waals surface area contributed by atoms with E-state index in [1.165, 1.54) is 6.92 Å². The number of aliphatic hydroxyl groups is 3. The lowest BCUT2D eigenvalue weighted by Crippen LogP contribution is -2.63. The van der Waals surface area contributed by atoms with E-state index in [1.54, 1.807) is 128 Å². The topological polar surface area (TPSA) is 515 Å². The van der Waals surface area contributed by atoms with Crippen LogP contribution in [0.25, 0.3) is 10.9 Å². The minimum Gasteiger partial charge on any atom is -0.480 e. The number of nitrogens with zero attached hydrogens (tertiary/aromatic N) is 1. The van der Waals surface area contributed by atoms with Crippen LogP contribution < -0.4 is 75.7 Å². The zero-order valence-electron chi connectivity index (χ0n) is 65.2. The van der Waals surface area contributed by atoms with Crippen molar-refractivity contribution in [2.45, 2.75) is 196 Å². The summed E-state index contributed by atoms with van der Waals surface area (Å²) in [6, 6.07) is 20.6. The first-order valence-corrected chi connectivity index (χ1v) is 40.9. The second kappa shape index (κ2) is 46.9. The van der Waals surface area contributed by atoms with Crippen LogP contribution in [0.4, 0.5) is 0 Å². The number of nitrogens with two attached hydrogens (primary N) is 3. The van der Waals surface area contributed by atoms with Gasteiger partial charge in [-0.1, -0.05) is 169 Å². The van der Waals surface area contributed by atoms with Crippen molar-refractivity contribution in [2.75, 3.05) is 38.2 Å². The number of aromatic amines is 1. The molecule has 0 radical (unpaired) electrons. The number of likely N-dealkylation sites (N-methyl/N-ethyl adjacent to an activating group) is 1. The SMILES string of the molecule is CC(C)NCc1ccc(C[C@@H]2NC(=O)[C@@H](Cc3c[nH]c4ccccc34)NC(=O)[C@H](Cc3ccccc3)NC(=O)[C@H](Cc3ccccc3)NC(=O)[C@H](CCCCN)NC(=O)[C@@H](N)CSSC[C@@H](C(=O)N[C@@H](CCCCN)C(=O)O)N(C)C(=O)[C@H](CO)NC(=O)[C@H]([C@@H](C)O)NC(=O)[C@H](Cc3ccccc3)NC(=O)[C@H]([C@@H](C)O)NC2=O)cc1. The highest BCUT2D eigenvalue weighted by Gasteiger charge is 2.40. The number of hydrogen-bond donors (Lipinski definition) is 19. The van der Waals surface area contributed by atoms with Gasteiger partial charge < -0.3 is 106 Å². The predicted molar refractivity (Wildman–Crippen MR) is 437 cm³/mol. The Bertz CT molecular complexity index is 4190. The van der Waals surface area contributed by atoms with E-state index in [-0.39, 0.29) is 82.0 Å². The number of aliphatic carboxylic acids is 1. The van der Waals surface area contributed by atoms with E-state index in [2.05, 4.69) is 63.5 Å². The maximum atomic E-state index is 15.6. The standard InChI is InChI=1S/C81H110N16O16S2/c1-47(2)85-42-54-33-31-53(32-34-54)40-63-75(106)95-68(48(3)99)78(109)93-64(39-52-25-13-8-14-26-52)76(107)96-69(49(4)100)79(110)94-66(44-98)80(111)97(5)67(77(108)88-60(81(112)113)30-18-20-36-83)46-115-114-45-57(84)70(101)87-59(29-17-19-35-82)71(102)89-61(37-50-21-9-6-10-22-50)72(103)90-62(38-51-23-11-7-12-24-51)73(104)92-65(74(105)91-63)41-55-43-86-58-28-16-15-27-56(55)58/h6-16,21-28,31-34,43,47-49,57,59-69,85-86,98-100H,17-20,29-30,35-42,44-46,82-84H2,1-5H3,(H,87,101)(H,88,108)(H,89,102)(H,90,103)(H,91,105)(H,92,104)(H,93,109)(H,94,110)(H,95,106)(H,96,107)(H,112,113)/t48-,49-,57+,59+,60+,61+,62+,63+,64+,65-,66+,67+,68+,69+/m1/s1. The average molecular weight is 1630 g/mol. The summed E-state index contributed by atoms with van der Waals surface area (Å²) >= 11 is 0. The van der Waals surface area contributed by atoms with Crippen LogP contribution in [0.1, 0.15) is 99.6 Å². The molecule has 5 aromatic carbocycles. The first-order chi connectivity index (χ1) is 55.1. The van der Waals surface area contributed by atoms with Crippen molar-refractivity contribution in [1.82, 2.24) is 68.4 Å². The van der Waals surface area contributed by atoms with E-state index in [0.29, 0.717) is 64.5 Å². The van der Waals surface area contributed by atoms with Gasteiger partial charge in [0.1, 0.15) is 66.5 Å². The summed E-state index contributed by atoms with van der Waals surface area (Å²) in [6.45, 7) is 6.07. The van der Waals surface area contributed by atoms with Gasteiger partial charge in [-0.25, -0.2) is 4.79 Å². The third-order valence-electron chi connectivity index (χ3n) is 19.4. The number of benzene rings is 5. The number of carbonyl (C=O) groups is 12. The van der Waals surface area contributed by atoms with Gasteiger partial charge in [0, 0.05) is 80.3 Å². The fraction of sp³-hybridized carbons (Fsp3) is 0.457. The molecule has 0 unspecified atom stereocenters. The van der Waals surface area contributed by atoms with Gasteiger partial charge in [-0.2, -0.15) is 0 Å². The zero-order valence-corrected chi connectivity index (χ0v) is 66.9. The van der Waals surface area contributed by atoms with Crippen LogP contribution >= 0.6 is 21.6 Å². The lowest BCUT2D eigenvalue weighted by Gasteiger charge is -2.32. The molecule has 0 spiro atoms. The maximum Gasteiger partial charge on any atom is 0.326 e. The quantitative estimate of drug-likeness (QED) is 0.0232. The van der Waals surface area contributed by atoms with Gasteiger partial charge in [0.15, 0.2) is 0 Å². The zero-order chi connectivity index (χ0) is 83.7. The number of unbranched alkanes of at least 4 members (excludes halogenated alkanes) is 2. The Morgan fingerprint density at radius 2 is 0.887 bits per heavy atom. The smallest absolute Gasteiger partial charge is 0.326 e. The summed E-state index contributed by atoms with van der Waals surface area (Å²) in [7, 11) is 3.03. The number of amides is 11. The van der Waals surface area contributed by atoms with Crippen LogP contribution in [0.15, 0.2) is 146 Å². The van der Waals surface area contributed by atoms with Crippen LogP contribution in [-0.2, 0) is 96.2 Å². The maximum absolute atomic E-state index is 15.6. The second-order valence-corrected chi connectivity index (χ2v) is 31.4. The Morgan fingerprint density at radius 1 is 0.487 bits per heavy atom. The number of carboxylic acid groups (broad SMARTS) is 1. The minimum absolute atomic E-state index is 0.00292. The molecule has 22 N–H and O–H groups in total. The molecule has 1 aromatic heterocycles. The average Bonchev–Trinajstić information content (AvgIpc) is 1.73. The lowest BCUT2D eigenvalue weighted by atomic mass is 9.99. The highest BCUT2D eigenvalue weighted by Crippen LogP contribution is 2.26. The summed E-state index contributed by atoms with van der Waals surface area (Å²) in [5.41, 5.74) is 22.3. The van der Waals surface area contributed by atoms with Crippen molar-refractivity contribution in [1.29, 1.82) is 0 Å². The predicted octanol–water partition coefficient (Wildman–Crippen LogP) is -0.327. The number of fused-ring (bicyclic) bond motifs is 1. The van der Waals surface area contributed by atoms with E-state index in [0.717, 1.165) is 46.0 Å². The Hall–Kier alpha value is -10.3. The normalized spacial score (nSPS) is 23.1. The van der Waals surface area contributed by atoms with Gasteiger partial charge in [0.2, 0.25) is 65.0 Å². The molecule has 14 atom stereocenters. The van der Waals surface area contributed by atoms with Crippen LogP contribution in [0, 0.1) is 0 Å². The lowest BCUT2D eigenvalue weighted by molar-refractivity contribution is -0.145. The van der Waals surface area contributed by atoms with Crippen molar-refractivity contribution in [3.8, 4) is 0 Å². The fourth-order valence-corrected chi connectivity index (χ4v) is 15.1. The number of rotatable bonds is 27. The van der Waals surface area contributed by atoms with E-state index in [4.69, 9.17) is 17.2 Å². The van der Waals surface area contributed by atoms with Gasteiger partial charge in [0.25, 0.3) is 0 Å². The minimum atomic E-state index is -1.96. The monoisotopic (exact) mass is 1630 g/mol. The second-order valence-electron chi connectivity index (χ2n) is 28.9. The number of nitrogens with one attached hydrogen (secondary N) is 12. The van der Waals surface area contributed by atoms with Gasteiger partial charge >= 0.3 is 5.97 Å². The molecule has 622 valence electrons. The van der Waals surface area contributed by atoms with E-state index in [9.17, 15) is 58.8 Å². The first-order valence-electron chi connectivity index (χ1n) is 38.5. The molecule has 0 saturated carbocycles. The van der Waals surface area contributed by atoms with Crippen LogP contribution in [0.5, 0.6) is 0 Å². The molecule has 0 bridgehead atoms. The van der Waals surface area contributed by atoms with Gasteiger partial charge in [-0.3, -0.25) is 52.7 Å². The molecule has 0 aliphatic carbocycles. The van der Waals surface area contributed by atoms with Gasteiger partial charge in [0.05, 0.1) is 24.9 Å². The third kappa shape index (κ3) is 29.2. The molecule has 32 nitrogen and oxygen atoms in total. The molecule has 115 heavy (non-hydrogen) atoms. The largest absolute Gasteiger partial charge is 0.480 e. The number of aromatic nitrogens is 1. The highest BCUT2D eigenvalue weighted by atomic mass is 33.1. The van der Waals surface area contributed by atoms with Crippen molar-refractivity contribution >= 4 is 103 Å². The molecule has 1 saturated heterocycles. The first kappa shape index (κ1) is 91.9. The van der Waals surface area contributed by atoms with Crippen molar-refractivity contribution < 1.29 is 78.0 Å². The summed E-state index contributed by atoms with van der Waals surface area (Å²) in [6.07, 6.45) is -1.61. The molecule has 2 heterocycles. The number of para-hydroxylation sites is 1. The van der Waals surface area contributed by atoms with E-state index in [1.807, 2.05) is 32.0 Å². The fourth-order valence-electron chi connectivity index (χ4n) is 12.7. The molecule has 6 aromatic rings. The highest BCUT2D eigenvalue weighted by molar-refractivity contribution is 8.76. The van der Waals surface area contributed by atoms with E-state index >= 15 is 19.2 Å². The number of hydrogen-bond acceptors (Lipinski definition) is 21. The van der Waals surface area contributed by atoms with Crippen LogP contribution in [0.3, 0.4) is 0 Å². The van der Waals surface area contributed by atoms with Gasteiger partial charge in [-0.05, 0) is 105 Å². The molecule has 11 amide bonds. The van der Waals surface area contributed by atoms with Gasteiger partial charge in [-0.15, -0.1) is 0 Å². The Morgan fingerprint density at radius 3 is 1.35 bits per heavy atom. The molecule has 1 fully saturated rings. The molecular formula is C81H110N16O16S2. The summed E-state index contributed by atoms with van der Waals surface area (Å²) in [5.74, 6) is -12.9. The molecule has 1 aliphatic rings. The number of H-pyrrole nitrogens is 1. The molecular weight excluding hydrogens is 1520 g/mol. The van der Waals surface area contributed by atoms with Crippen molar-refractivity contribution in [3.63, 3.8) is 0 Å². The van der Waals surface area contributed by atoms with Crippen LogP contribution in [0.2, 0.25) is 0 Å².